The first-order chi connectivity index (χ1) is 15.3. The summed E-state index contributed by atoms with van der Waals surface area (Å²) in [4.78, 5) is 17.2. The number of aromatic nitrogens is 3. The average molecular weight is 490 g/mol. The molecule has 2 unspecified atom stereocenters. The molecule has 2 aromatic rings. The number of pyridine rings is 1. The molecule has 13 heteroatoms. The molecule has 2 N–H and O–H groups in total. The number of nitrogens with one attached hydrogen (secondary N) is 1. The summed E-state index contributed by atoms with van der Waals surface area (Å²) >= 11 is 0. The highest BCUT2D eigenvalue weighted by Crippen LogP contribution is 2.41. The fourth-order valence-electron chi connectivity index (χ4n) is 3.83. The van der Waals surface area contributed by atoms with E-state index in [9.17, 15) is 27.1 Å². The second-order valence-corrected chi connectivity index (χ2v) is 10.4. The molecule has 2 aromatic heterocycles. The first kappa shape index (κ1) is 25.0. The van der Waals surface area contributed by atoms with Crippen molar-refractivity contribution in [3.05, 3.63) is 35.9 Å². The summed E-state index contributed by atoms with van der Waals surface area (Å²) in [5.74, 6) is -1.000. The molecule has 0 radical (unpaired) electrons. The van der Waals surface area contributed by atoms with Crippen molar-refractivity contribution in [3.63, 3.8) is 0 Å². The third-order valence-corrected chi connectivity index (χ3v) is 8.09. The number of carbonyl (C=O) groups is 1. The summed E-state index contributed by atoms with van der Waals surface area (Å²) in [7, 11) is -3.49. The van der Waals surface area contributed by atoms with Crippen molar-refractivity contribution in [3.8, 4) is 0 Å². The number of sulfone groups is 1. The molecule has 2 atom stereocenters. The predicted molar refractivity (Wildman–Crippen MR) is 113 cm³/mol. The number of aliphatic hydroxyl groups excluding tert-OH is 1. The Hall–Kier alpha value is -2.67. The highest BCUT2D eigenvalue weighted by Gasteiger charge is 2.50. The van der Waals surface area contributed by atoms with Gasteiger partial charge in [0.1, 0.15) is 10.6 Å². The van der Waals surface area contributed by atoms with E-state index in [1.165, 1.54) is 31.1 Å². The van der Waals surface area contributed by atoms with E-state index in [-0.39, 0.29) is 25.9 Å². The van der Waals surface area contributed by atoms with Crippen molar-refractivity contribution in [2.24, 2.45) is 13.0 Å². The molecule has 3 rings (SSSR count). The third-order valence-electron chi connectivity index (χ3n) is 5.82. The van der Waals surface area contributed by atoms with Gasteiger partial charge < -0.3 is 15.3 Å². The lowest BCUT2D eigenvalue weighted by Gasteiger charge is -2.37. The number of alkyl halides is 3. The third kappa shape index (κ3) is 4.98. The number of piperidine rings is 1. The maximum Gasteiger partial charge on any atom is 0.321 e. The highest BCUT2D eigenvalue weighted by molar-refractivity contribution is 7.92. The minimum Gasteiger partial charge on any atom is -0.387 e. The minimum atomic E-state index is -4.77. The molecule has 0 aliphatic carbocycles. The molecule has 33 heavy (non-hydrogen) atoms. The normalized spacial score (nSPS) is 18.2. The molecule has 0 bridgehead atoms. The Bertz CT molecular complexity index is 1110. The van der Waals surface area contributed by atoms with Gasteiger partial charge in [-0.1, -0.05) is 0 Å². The van der Waals surface area contributed by atoms with E-state index in [0.717, 1.165) is 17.8 Å². The van der Waals surface area contributed by atoms with Crippen LogP contribution in [0.1, 0.15) is 50.6 Å². The Morgan fingerprint density at radius 2 is 1.97 bits per heavy atom. The fraction of sp³-hybridized carbons (Fsp3) is 0.550. The standard InChI is InChI=1S/C20H26F3N5O4S/c1-12(29)15-10-14(4-7-24-15)25-19(30)28-8-5-13(6-9-28)20(2,23)33(31,32)16-11-27(3)26-17(16)18(21)22/h4,7,10-13,18,29H,5-6,8-9H2,1-3H3,(H,24,25,30). The smallest absolute Gasteiger partial charge is 0.321 e. The first-order valence-corrected chi connectivity index (χ1v) is 11.8. The van der Waals surface area contributed by atoms with E-state index in [1.54, 1.807) is 6.07 Å². The largest absolute Gasteiger partial charge is 0.387 e. The van der Waals surface area contributed by atoms with E-state index < -0.39 is 49.9 Å². The number of halogens is 3. The number of hydrogen-bond acceptors (Lipinski definition) is 6. The summed E-state index contributed by atoms with van der Waals surface area (Å²) in [5.41, 5.74) is -0.183. The number of amides is 2. The number of aryl methyl sites for hydroxylation is 1. The maximum atomic E-state index is 15.7. The van der Waals surface area contributed by atoms with Crippen LogP contribution in [0.3, 0.4) is 0 Å². The lowest BCUT2D eigenvalue weighted by atomic mass is 9.92. The van der Waals surface area contributed by atoms with Gasteiger partial charge in [-0.2, -0.15) is 5.10 Å². The van der Waals surface area contributed by atoms with Crippen molar-refractivity contribution in [2.45, 2.75) is 49.1 Å². The lowest BCUT2D eigenvalue weighted by Crippen LogP contribution is -2.48. The van der Waals surface area contributed by atoms with Crippen LogP contribution in [0.15, 0.2) is 29.4 Å². The van der Waals surface area contributed by atoms with Crippen LogP contribution in [-0.4, -0.2) is 57.3 Å². The van der Waals surface area contributed by atoms with Gasteiger partial charge in [0.2, 0.25) is 14.8 Å². The molecule has 0 aromatic carbocycles. The van der Waals surface area contributed by atoms with Crippen LogP contribution in [0.5, 0.6) is 0 Å². The van der Waals surface area contributed by atoms with Gasteiger partial charge >= 0.3 is 6.03 Å². The van der Waals surface area contributed by atoms with Gasteiger partial charge in [0.05, 0.1) is 11.8 Å². The molecule has 1 aliphatic heterocycles. The molecular formula is C20H26F3N5O4S. The van der Waals surface area contributed by atoms with Crippen LogP contribution >= 0.6 is 0 Å². The zero-order valence-corrected chi connectivity index (χ0v) is 19.2. The van der Waals surface area contributed by atoms with E-state index >= 15 is 4.39 Å². The van der Waals surface area contributed by atoms with Crippen LogP contribution in [-0.2, 0) is 16.9 Å². The van der Waals surface area contributed by atoms with E-state index in [2.05, 4.69) is 15.4 Å². The number of nitrogens with zero attached hydrogens (tertiary/aromatic N) is 4. The Labute approximate surface area is 189 Å². The fourth-order valence-corrected chi connectivity index (χ4v) is 5.63. The van der Waals surface area contributed by atoms with Crippen LogP contribution in [0.2, 0.25) is 0 Å². The number of carbonyl (C=O) groups excluding carboxylic acids is 1. The van der Waals surface area contributed by atoms with Gasteiger partial charge in [-0.3, -0.25) is 9.67 Å². The molecule has 2 amide bonds. The molecule has 0 spiro atoms. The van der Waals surface area contributed by atoms with Crippen molar-refractivity contribution >= 4 is 21.6 Å². The van der Waals surface area contributed by atoms with Gasteiger partial charge in [-0.05, 0) is 38.8 Å². The van der Waals surface area contributed by atoms with Crippen LogP contribution in [0.4, 0.5) is 23.7 Å². The number of anilines is 1. The first-order valence-electron chi connectivity index (χ1n) is 10.3. The SMILES string of the molecule is CC(O)c1cc(NC(=O)N2CCC(C(C)(F)S(=O)(=O)c3cn(C)nc3C(F)F)CC2)ccn1. The molecule has 0 saturated carbocycles. The van der Waals surface area contributed by atoms with Gasteiger partial charge in [-0.25, -0.2) is 26.4 Å². The topological polar surface area (TPSA) is 117 Å². The Balaban J connectivity index is 1.69. The second kappa shape index (κ2) is 9.29. The molecular weight excluding hydrogens is 463 g/mol. The quantitative estimate of drug-likeness (QED) is 0.644. The van der Waals surface area contributed by atoms with Crippen molar-refractivity contribution in [1.29, 1.82) is 0 Å². The summed E-state index contributed by atoms with van der Waals surface area (Å²) in [6.45, 7) is 2.57. The van der Waals surface area contributed by atoms with Crippen molar-refractivity contribution in [2.75, 3.05) is 18.4 Å². The van der Waals surface area contributed by atoms with Gasteiger partial charge in [0.25, 0.3) is 6.43 Å². The van der Waals surface area contributed by atoms with Crippen molar-refractivity contribution in [1.82, 2.24) is 19.7 Å². The van der Waals surface area contributed by atoms with Crippen LogP contribution in [0.25, 0.3) is 0 Å². The maximum absolute atomic E-state index is 15.7. The molecule has 3 heterocycles. The van der Waals surface area contributed by atoms with E-state index in [0.29, 0.717) is 11.4 Å². The number of hydrogen-bond donors (Lipinski definition) is 2. The van der Waals surface area contributed by atoms with Crippen LogP contribution in [0, 0.1) is 5.92 Å². The number of aliphatic hydroxyl groups is 1. The zero-order valence-electron chi connectivity index (χ0n) is 18.4. The summed E-state index contributed by atoms with van der Waals surface area (Å²) in [5, 5.41) is 12.9. The molecule has 182 valence electrons. The Kier molecular flexibility index (Phi) is 7.03. The number of rotatable bonds is 6. The van der Waals surface area contributed by atoms with Gasteiger partial charge in [0.15, 0.2) is 0 Å². The second-order valence-electron chi connectivity index (χ2n) is 8.18. The Morgan fingerprint density at radius 1 is 1.33 bits per heavy atom. The van der Waals surface area contributed by atoms with Gasteiger partial charge in [-0.15, -0.1) is 0 Å². The van der Waals surface area contributed by atoms with E-state index in [1.807, 2.05) is 0 Å². The lowest BCUT2D eigenvalue weighted by molar-refractivity contribution is 0.116. The van der Waals surface area contributed by atoms with E-state index in [4.69, 9.17) is 0 Å². The number of likely N-dealkylation sites (tertiary alicyclic amines) is 1. The molecule has 9 nitrogen and oxygen atoms in total. The van der Waals surface area contributed by atoms with Crippen LogP contribution < -0.4 is 5.32 Å². The minimum absolute atomic E-state index is 0.0270. The predicted octanol–water partition coefficient (Wildman–Crippen LogP) is 3.21. The number of urea groups is 1. The summed E-state index contributed by atoms with van der Waals surface area (Å²) in [6.07, 6.45) is -1.60. The monoisotopic (exact) mass is 489 g/mol. The van der Waals surface area contributed by atoms with Crippen molar-refractivity contribution < 1.29 is 31.5 Å². The summed E-state index contributed by atoms with van der Waals surface area (Å²) < 4.78 is 69.0. The zero-order chi connectivity index (χ0) is 24.6. The highest BCUT2D eigenvalue weighted by atomic mass is 32.2. The molecule has 1 aliphatic rings. The van der Waals surface area contributed by atoms with Gasteiger partial charge in [0, 0.05) is 44.1 Å². The molecule has 1 saturated heterocycles. The average Bonchev–Trinajstić information content (AvgIpc) is 3.16. The molecule has 1 fully saturated rings. The summed E-state index contributed by atoms with van der Waals surface area (Å²) in [6, 6.07) is 2.61. The Morgan fingerprint density at radius 3 is 2.55 bits per heavy atom.